The molecule has 3 heterocycles. The summed E-state index contributed by atoms with van der Waals surface area (Å²) in [6.07, 6.45) is 3.83. The van der Waals surface area contributed by atoms with Crippen LogP contribution in [0.5, 0.6) is 5.75 Å². The molecule has 7 heteroatoms. The van der Waals surface area contributed by atoms with Crippen molar-refractivity contribution in [3.05, 3.63) is 60.0 Å². The van der Waals surface area contributed by atoms with E-state index in [-0.39, 0.29) is 18.6 Å². The number of aromatic nitrogens is 2. The number of rotatable bonds is 5. The number of amides is 1. The van der Waals surface area contributed by atoms with E-state index in [9.17, 15) is 4.79 Å². The van der Waals surface area contributed by atoms with E-state index in [0.717, 1.165) is 43.5 Å². The molecule has 2 aliphatic rings. The zero-order valence-corrected chi connectivity index (χ0v) is 16.7. The number of ether oxygens (including phenoxy) is 1. The van der Waals surface area contributed by atoms with Crippen LogP contribution in [0, 0.1) is 0 Å². The molecule has 2 aromatic carbocycles. The highest BCUT2D eigenvalue weighted by Gasteiger charge is 2.32. The predicted molar refractivity (Wildman–Crippen MR) is 112 cm³/mol. The quantitative estimate of drug-likeness (QED) is 0.696. The Balaban J connectivity index is 1.31. The van der Waals surface area contributed by atoms with E-state index >= 15 is 0 Å². The van der Waals surface area contributed by atoms with Crippen LogP contribution in [0.2, 0.25) is 0 Å². The molecule has 1 unspecified atom stereocenters. The maximum Gasteiger partial charge on any atom is 0.261 e. The topological polar surface area (TPSA) is 80.5 Å². The van der Waals surface area contributed by atoms with E-state index in [0.29, 0.717) is 24.0 Å². The van der Waals surface area contributed by atoms with E-state index in [4.69, 9.17) is 9.26 Å². The smallest absolute Gasteiger partial charge is 0.261 e. The van der Waals surface area contributed by atoms with Gasteiger partial charge in [-0.25, -0.2) is 0 Å². The third-order valence-electron chi connectivity index (χ3n) is 5.73. The van der Waals surface area contributed by atoms with E-state index < -0.39 is 0 Å². The highest BCUT2D eigenvalue weighted by Crippen LogP contribution is 2.32. The van der Waals surface area contributed by atoms with E-state index in [1.807, 2.05) is 41.3 Å². The Labute approximate surface area is 175 Å². The molecule has 0 radical (unpaired) electrons. The molecule has 30 heavy (non-hydrogen) atoms. The minimum Gasteiger partial charge on any atom is -0.484 e. The highest BCUT2D eigenvalue weighted by molar-refractivity contribution is 5.78. The van der Waals surface area contributed by atoms with Gasteiger partial charge < -0.3 is 19.5 Å². The number of hydrogen-bond donors (Lipinski definition) is 1. The standard InChI is InChI=1S/C23H24N4O3/c28-21(15-29-18-6-2-1-3-7-18)27-13-5-4-8-20(27)23-25-22(26-30-23)17-10-9-16-11-12-24-19(16)14-17/h1-3,6-7,9-10,14,20,24H,4-5,8,11-13,15H2. The minimum atomic E-state index is -0.209. The largest absolute Gasteiger partial charge is 0.484 e. The Morgan fingerprint density at radius 2 is 2.10 bits per heavy atom. The van der Waals surface area contributed by atoms with Crippen LogP contribution in [0.25, 0.3) is 11.4 Å². The number of benzene rings is 2. The molecule has 0 aliphatic carbocycles. The van der Waals surface area contributed by atoms with Gasteiger partial charge in [-0.1, -0.05) is 35.5 Å². The highest BCUT2D eigenvalue weighted by atomic mass is 16.5. The number of nitrogens with zero attached hydrogens (tertiary/aromatic N) is 3. The lowest BCUT2D eigenvalue weighted by Gasteiger charge is -2.33. The molecule has 1 aromatic heterocycles. The summed E-state index contributed by atoms with van der Waals surface area (Å²) in [6, 6.07) is 15.4. The summed E-state index contributed by atoms with van der Waals surface area (Å²) in [7, 11) is 0. The third-order valence-corrected chi connectivity index (χ3v) is 5.73. The first-order valence-electron chi connectivity index (χ1n) is 10.5. The van der Waals surface area contributed by atoms with Crippen molar-refractivity contribution >= 4 is 11.6 Å². The molecule has 1 saturated heterocycles. The number of para-hydroxylation sites is 1. The Morgan fingerprint density at radius 1 is 1.20 bits per heavy atom. The fourth-order valence-electron chi connectivity index (χ4n) is 4.15. The molecule has 0 spiro atoms. The van der Waals surface area contributed by atoms with Gasteiger partial charge in [0.1, 0.15) is 11.8 Å². The van der Waals surface area contributed by atoms with E-state index in [2.05, 4.69) is 27.6 Å². The normalized spacial score (nSPS) is 18.0. The zero-order chi connectivity index (χ0) is 20.3. The average molecular weight is 404 g/mol. The molecule has 0 bridgehead atoms. The fourth-order valence-corrected chi connectivity index (χ4v) is 4.15. The summed E-state index contributed by atoms with van der Waals surface area (Å²) < 4.78 is 11.3. The molecule has 7 nitrogen and oxygen atoms in total. The molecule has 2 aliphatic heterocycles. The summed E-state index contributed by atoms with van der Waals surface area (Å²) in [6.45, 7) is 1.63. The summed E-state index contributed by atoms with van der Waals surface area (Å²) in [5.74, 6) is 1.67. The maximum atomic E-state index is 12.9. The molecule has 1 amide bonds. The van der Waals surface area contributed by atoms with Gasteiger partial charge in [-0.2, -0.15) is 4.98 Å². The fraction of sp³-hybridized carbons (Fsp3) is 0.348. The number of piperidine rings is 1. The average Bonchev–Trinajstić information content (AvgIpc) is 3.47. The van der Waals surface area contributed by atoms with Crippen LogP contribution in [0.15, 0.2) is 53.1 Å². The van der Waals surface area contributed by atoms with Gasteiger partial charge in [-0.15, -0.1) is 0 Å². The van der Waals surface area contributed by atoms with Crippen molar-refractivity contribution in [2.75, 3.05) is 25.0 Å². The molecule has 3 aromatic rings. The first-order chi connectivity index (χ1) is 14.8. The predicted octanol–water partition coefficient (Wildman–Crippen LogP) is 3.84. The van der Waals surface area contributed by atoms with E-state index in [1.54, 1.807) is 0 Å². The van der Waals surface area contributed by atoms with Gasteiger partial charge in [0.05, 0.1) is 0 Å². The van der Waals surface area contributed by atoms with Crippen molar-refractivity contribution in [3.63, 3.8) is 0 Å². The Kier molecular flexibility index (Phi) is 5.09. The van der Waals surface area contributed by atoms with Crippen LogP contribution in [0.1, 0.15) is 36.8 Å². The Hall–Kier alpha value is -3.35. The molecule has 154 valence electrons. The molecule has 1 N–H and O–H groups in total. The third kappa shape index (κ3) is 3.75. The van der Waals surface area contributed by atoms with Crippen LogP contribution in [0.4, 0.5) is 5.69 Å². The molecular formula is C23H24N4O3. The lowest BCUT2D eigenvalue weighted by Crippen LogP contribution is -2.41. The van der Waals surface area contributed by atoms with Crippen molar-refractivity contribution < 1.29 is 14.1 Å². The first kappa shape index (κ1) is 18.7. The van der Waals surface area contributed by atoms with Crippen molar-refractivity contribution in [2.45, 2.75) is 31.7 Å². The van der Waals surface area contributed by atoms with Crippen LogP contribution in [-0.4, -0.2) is 40.6 Å². The summed E-state index contributed by atoms with van der Waals surface area (Å²) >= 11 is 0. The van der Waals surface area contributed by atoms with Gasteiger partial charge in [0.15, 0.2) is 6.61 Å². The van der Waals surface area contributed by atoms with Gasteiger partial charge >= 0.3 is 0 Å². The van der Waals surface area contributed by atoms with Crippen molar-refractivity contribution in [1.82, 2.24) is 15.0 Å². The number of carbonyl (C=O) groups excluding carboxylic acids is 1. The molecular weight excluding hydrogens is 380 g/mol. The number of carbonyl (C=O) groups is 1. The van der Waals surface area contributed by atoms with Crippen molar-refractivity contribution in [2.24, 2.45) is 0 Å². The first-order valence-corrected chi connectivity index (χ1v) is 10.5. The number of fused-ring (bicyclic) bond motifs is 1. The maximum absolute atomic E-state index is 12.9. The summed E-state index contributed by atoms with van der Waals surface area (Å²) in [5, 5.41) is 7.57. The van der Waals surface area contributed by atoms with Crippen molar-refractivity contribution in [3.8, 4) is 17.1 Å². The van der Waals surface area contributed by atoms with Crippen LogP contribution < -0.4 is 10.1 Å². The van der Waals surface area contributed by atoms with Crippen LogP contribution in [-0.2, 0) is 11.2 Å². The monoisotopic (exact) mass is 404 g/mol. The number of nitrogens with one attached hydrogen (secondary N) is 1. The zero-order valence-electron chi connectivity index (χ0n) is 16.7. The second kappa shape index (κ2) is 8.18. The van der Waals surface area contributed by atoms with Crippen molar-refractivity contribution in [1.29, 1.82) is 0 Å². The lowest BCUT2D eigenvalue weighted by molar-refractivity contribution is -0.138. The molecule has 1 fully saturated rings. The molecule has 0 saturated carbocycles. The van der Waals surface area contributed by atoms with Gasteiger partial charge in [0.25, 0.3) is 5.91 Å². The molecule has 5 rings (SSSR count). The Morgan fingerprint density at radius 3 is 3.00 bits per heavy atom. The second-order valence-electron chi connectivity index (χ2n) is 7.71. The van der Waals surface area contributed by atoms with Crippen LogP contribution >= 0.6 is 0 Å². The number of hydrogen-bond acceptors (Lipinski definition) is 6. The minimum absolute atomic E-state index is 0.00198. The SMILES string of the molecule is O=C(COc1ccccc1)N1CCCCC1c1nc(-c2ccc3c(c2)NCC3)no1. The number of likely N-dealkylation sites (tertiary alicyclic amines) is 1. The summed E-state index contributed by atoms with van der Waals surface area (Å²) in [4.78, 5) is 19.3. The number of anilines is 1. The van der Waals surface area contributed by atoms with E-state index in [1.165, 1.54) is 5.56 Å². The second-order valence-corrected chi connectivity index (χ2v) is 7.71. The van der Waals surface area contributed by atoms with Gasteiger partial charge in [-0.3, -0.25) is 4.79 Å². The van der Waals surface area contributed by atoms with Gasteiger partial charge in [0.2, 0.25) is 11.7 Å². The van der Waals surface area contributed by atoms with Crippen LogP contribution in [0.3, 0.4) is 0 Å². The lowest BCUT2D eigenvalue weighted by atomic mass is 10.0. The Bertz CT molecular complexity index is 1030. The molecule has 1 atom stereocenters. The van der Waals surface area contributed by atoms with Gasteiger partial charge in [0, 0.05) is 24.3 Å². The van der Waals surface area contributed by atoms with Gasteiger partial charge in [-0.05, 0) is 49.4 Å². The summed E-state index contributed by atoms with van der Waals surface area (Å²) in [5.41, 5.74) is 3.36.